The summed E-state index contributed by atoms with van der Waals surface area (Å²) in [6.45, 7) is 1.52. The number of aromatic nitrogens is 1. The van der Waals surface area contributed by atoms with Crippen molar-refractivity contribution in [3.63, 3.8) is 0 Å². The monoisotopic (exact) mass is 184 g/mol. The molecule has 0 aliphatic carbocycles. The predicted molar refractivity (Wildman–Crippen MR) is 53.0 cm³/mol. The molecular weight excluding hydrogens is 176 g/mol. The number of nitrogens with one attached hydrogen (secondary N) is 1. The zero-order valence-electron chi connectivity index (χ0n) is 7.66. The van der Waals surface area contributed by atoms with Crippen molar-refractivity contribution in [2.75, 3.05) is 0 Å². The third-order valence-corrected chi connectivity index (χ3v) is 2.22. The molecule has 1 aromatic heterocycles. The molecule has 2 aromatic rings. The fraction of sp³-hybridized carbons (Fsp3) is 0.0909. The molecule has 0 aliphatic rings. The van der Waals surface area contributed by atoms with Gasteiger partial charge in [0.1, 0.15) is 6.07 Å². The van der Waals surface area contributed by atoms with E-state index in [1.165, 1.54) is 6.92 Å². The predicted octanol–water partition coefficient (Wildman–Crippen LogP) is 2.24. The summed E-state index contributed by atoms with van der Waals surface area (Å²) in [5.41, 5.74) is 1.94. The van der Waals surface area contributed by atoms with Gasteiger partial charge in [0.15, 0.2) is 5.78 Å². The fourth-order valence-electron chi connectivity index (χ4n) is 1.54. The lowest BCUT2D eigenvalue weighted by Gasteiger charge is -1.93. The molecule has 0 aliphatic heterocycles. The second kappa shape index (κ2) is 3.00. The first kappa shape index (κ1) is 8.52. The van der Waals surface area contributed by atoms with Gasteiger partial charge in [-0.05, 0) is 13.0 Å². The van der Waals surface area contributed by atoms with Crippen LogP contribution in [0.3, 0.4) is 0 Å². The van der Waals surface area contributed by atoms with Crippen molar-refractivity contribution in [1.29, 1.82) is 5.26 Å². The molecule has 0 atom stereocenters. The van der Waals surface area contributed by atoms with Gasteiger partial charge in [0, 0.05) is 17.1 Å². The van der Waals surface area contributed by atoms with Crippen LogP contribution in [0.2, 0.25) is 0 Å². The molecule has 14 heavy (non-hydrogen) atoms. The molecule has 0 radical (unpaired) electrons. The van der Waals surface area contributed by atoms with Gasteiger partial charge in [-0.25, -0.2) is 0 Å². The summed E-state index contributed by atoms with van der Waals surface area (Å²) in [5.74, 6) is 0.00587. The van der Waals surface area contributed by atoms with Gasteiger partial charge in [0.2, 0.25) is 0 Å². The number of carbonyl (C=O) groups excluding carboxylic acids is 1. The number of fused-ring (bicyclic) bond motifs is 1. The van der Waals surface area contributed by atoms with Gasteiger partial charge >= 0.3 is 0 Å². The molecule has 0 unspecified atom stereocenters. The Morgan fingerprint density at radius 1 is 1.50 bits per heavy atom. The van der Waals surface area contributed by atoms with Crippen LogP contribution in [0.1, 0.15) is 22.8 Å². The number of hydrogen-bond acceptors (Lipinski definition) is 2. The summed E-state index contributed by atoms with van der Waals surface area (Å²) >= 11 is 0. The largest absolute Gasteiger partial charge is 0.359 e. The van der Waals surface area contributed by atoms with Crippen LogP contribution in [0.25, 0.3) is 10.9 Å². The first-order valence-electron chi connectivity index (χ1n) is 4.25. The van der Waals surface area contributed by atoms with Crippen molar-refractivity contribution in [3.05, 3.63) is 35.5 Å². The molecule has 0 amide bonds. The first-order chi connectivity index (χ1) is 6.74. The molecule has 3 nitrogen and oxygen atoms in total. The van der Waals surface area contributed by atoms with E-state index in [2.05, 4.69) is 11.1 Å². The van der Waals surface area contributed by atoms with E-state index < -0.39 is 0 Å². The van der Waals surface area contributed by atoms with Crippen molar-refractivity contribution in [1.82, 2.24) is 4.98 Å². The number of nitriles is 1. The third-order valence-electron chi connectivity index (χ3n) is 2.22. The highest BCUT2D eigenvalue weighted by Crippen LogP contribution is 2.21. The summed E-state index contributed by atoms with van der Waals surface area (Å²) in [4.78, 5) is 14.2. The summed E-state index contributed by atoms with van der Waals surface area (Å²) in [7, 11) is 0. The SMILES string of the molecule is CC(=O)c1c[nH]c2c(C#N)cccc12. The van der Waals surface area contributed by atoms with Crippen molar-refractivity contribution in [2.24, 2.45) is 0 Å². The molecular formula is C11H8N2O. The number of ketones is 1. The number of nitrogens with zero attached hydrogens (tertiary/aromatic N) is 1. The van der Waals surface area contributed by atoms with Crippen molar-refractivity contribution in [2.45, 2.75) is 6.92 Å². The molecule has 2 rings (SSSR count). The highest BCUT2D eigenvalue weighted by atomic mass is 16.1. The Morgan fingerprint density at radius 2 is 2.29 bits per heavy atom. The fourth-order valence-corrected chi connectivity index (χ4v) is 1.54. The lowest BCUT2D eigenvalue weighted by atomic mass is 10.1. The van der Waals surface area contributed by atoms with Crippen LogP contribution in [0.5, 0.6) is 0 Å². The van der Waals surface area contributed by atoms with Crippen molar-refractivity contribution >= 4 is 16.7 Å². The number of benzene rings is 1. The Bertz CT molecular complexity index is 546. The minimum Gasteiger partial charge on any atom is -0.359 e. The van der Waals surface area contributed by atoms with Crippen molar-refractivity contribution < 1.29 is 4.79 Å². The van der Waals surface area contributed by atoms with Gasteiger partial charge in [0.05, 0.1) is 11.1 Å². The molecule has 3 heteroatoms. The van der Waals surface area contributed by atoms with Crippen molar-refractivity contribution in [3.8, 4) is 6.07 Å². The van der Waals surface area contributed by atoms with Gasteiger partial charge in [-0.15, -0.1) is 0 Å². The molecule has 1 aromatic carbocycles. The van der Waals surface area contributed by atoms with Gasteiger partial charge < -0.3 is 4.98 Å². The van der Waals surface area contributed by atoms with Gasteiger partial charge in [-0.1, -0.05) is 12.1 Å². The maximum absolute atomic E-state index is 11.2. The number of aromatic amines is 1. The summed E-state index contributed by atoms with van der Waals surface area (Å²) in [5, 5.41) is 9.64. The molecule has 0 saturated carbocycles. The van der Waals surface area contributed by atoms with E-state index in [9.17, 15) is 4.79 Å². The van der Waals surface area contributed by atoms with Crippen LogP contribution < -0.4 is 0 Å². The highest BCUT2D eigenvalue weighted by molar-refractivity contribution is 6.07. The lowest BCUT2D eigenvalue weighted by molar-refractivity contribution is 0.101. The summed E-state index contributed by atoms with van der Waals surface area (Å²) < 4.78 is 0. The first-order valence-corrected chi connectivity index (χ1v) is 4.25. The summed E-state index contributed by atoms with van der Waals surface area (Å²) in [6.07, 6.45) is 1.65. The van der Waals surface area contributed by atoms with Crippen LogP contribution in [-0.4, -0.2) is 10.8 Å². The standard InChI is InChI=1S/C11H8N2O/c1-7(14)10-6-13-11-8(5-12)3-2-4-9(10)11/h2-4,6,13H,1H3. The van der Waals surface area contributed by atoms with E-state index in [-0.39, 0.29) is 5.78 Å². The molecule has 0 saturated heterocycles. The van der Waals surface area contributed by atoms with E-state index in [1.807, 2.05) is 6.07 Å². The average molecular weight is 184 g/mol. The van der Waals surface area contributed by atoms with E-state index in [0.717, 1.165) is 10.9 Å². The topological polar surface area (TPSA) is 56.6 Å². The lowest BCUT2D eigenvalue weighted by Crippen LogP contribution is -1.88. The van der Waals surface area contributed by atoms with E-state index in [1.54, 1.807) is 18.3 Å². The molecule has 0 spiro atoms. The van der Waals surface area contributed by atoms with Crippen LogP contribution in [0, 0.1) is 11.3 Å². The minimum atomic E-state index is 0.00587. The number of carbonyl (C=O) groups is 1. The number of hydrogen-bond donors (Lipinski definition) is 1. The molecule has 1 N–H and O–H groups in total. The Morgan fingerprint density at radius 3 is 2.93 bits per heavy atom. The number of rotatable bonds is 1. The number of para-hydroxylation sites is 1. The maximum atomic E-state index is 11.2. The highest BCUT2D eigenvalue weighted by Gasteiger charge is 2.09. The Balaban J connectivity index is 2.84. The second-order valence-electron chi connectivity index (χ2n) is 3.10. The maximum Gasteiger partial charge on any atom is 0.161 e. The van der Waals surface area contributed by atoms with E-state index in [4.69, 9.17) is 5.26 Å². The molecule has 1 heterocycles. The van der Waals surface area contributed by atoms with Gasteiger partial charge in [0.25, 0.3) is 0 Å². The van der Waals surface area contributed by atoms with Gasteiger partial charge in [-0.3, -0.25) is 4.79 Å². The zero-order valence-corrected chi connectivity index (χ0v) is 7.66. The van der Waals surface area contributed by atoms with E-state index >= 15 is 0 Å². The van der Waals surface area contributed by atoms with Gasteiger partial charge in [-0.2, -0.15) is 5.26 Å². The second-order valence-corrected chi connectivity index (χ2v) is 3.10. The van der Waals surface area contributed by atoms with Crippen LogP contribution in [-0.2, 0) is 0 Å². The Labute approximate surface area is 81.0 Å². The number of Topliss-reactive ketones (excluding diaryl/α,β-unsaturated/α-hetero) is 1. The van der Waals surface area contributed by atoms with Crippen LogP contribution >= 0.6 is 0 Å². The average Bonchev–Trinajstić information content (AvgIpc) is 2.60. The third kappa shape index (κ3) is 1.09. The Hall–Kier alpha value is -2.08. The number of H-pyrrole nitrogens is 1. The molecule has 0 bridgehead atoms. The van der Waals surface area contributed by atoms with E-state index in [0.29, 0.717) is 11.1 Å². The zero-order chi connectivity index (χ0) is 10.1. The molecule has 68 valence electrons. The van der Waals surface area contributed by atoms with Crippen LogP contribution in [0.15, 0.2) is 24.4 Å². The van der Waals surface area contributed by atoms with Crippen LogP contribution in [0.4, 0.5) is 0 Å². The molecule has 0 fully saturated rings. The summed E-state index contributed by atoms with van der Waals surface area (Å²) in [6, 6.07) is 7.42. The normalized spacial score (nSPS) is 10.0. The quantitative estimate of drug-likeness (QED) is 0.691. The smallest absolute Gasteiger partial charge is 0.161 e. The minimum absolute atomic E-state index is 0.00587. The Kier molecular flexibility index (Phi) is 1.83.